The lowest BCUT2D eigenvalue weighted by Gasteiger charge is -2.15. The van der Waals surface area contributed by atoms with E-state index in [1.165, 1.54) is 0 Å². The molecule has 0 bridgehead atoms. The largest absolute Gasteiger partial charge is 0.306 e. The lowest BCUT2D eigenvalue weighted by atomic mass is 9.95. The van der Waals surface area contributed by atoms with Crippen molar-refractivity contribution in [2.75, 3.05) is 5.75 Å². The molecule has 0 atom stereocenters. The highest BCUT2D eigenvalue weighted by molar-refractivity contribution is 7.98. The van der Waals surface area contributed by atoms with Crippen molar-refractivity contribution in [3.63, 3.8) is 0 Å². The Morgan fingerprint density at radius 2 is 2.26 bits per heavy atom. The van der Waals surface area contributed by atoms with Crippen LogP contribution in [0.2, 0.25) is 5.02 Å². The molecule has 3 nitrogen and oxygen atoms in total. The number of aryl methyl sites for hydroxylation is 1. The van der Waals surface area contributed by atoms with Gasteiger partial charge in [-0.3, -0.25) is 4.79 Å². The third-order valence-corrected chi connectivity index (χ3v) is 4.38. The molecule has 0 saturated heterocycles. The number of thioether (sulfide) groups is 1. The van der Waals surface area contributed by atoms with E-state index in [0.29, 0.717) is 21.9 Å². The van der Waals surface area contributed by atoms with Crippen molar-refractivity contribution >= 4 is 36.7 Å². The lowest BCUT2D eigenvalue weighted by Crippen LogP contribution is -2.21. The standard InChI is InChI=1S/C13H10BClN2OS/c14-7-1-2-8(10(15)5-7)12-16-11-3-4-19-6-9(11)13(18)17-12/h1-2,5H,3-4,6H2,(H,16,17,18). The molecule has 0 unspecified atom stereocenters. The zero-order chi connectivity index (χ0) is 13.4. The summed E-state index contributed by atoms with van der Waals surface area (Å²) in [5.41, 5.74) is 2.89. The molecule has 0 saturated carbocycles. The fraction of sp³-hybridized carbons (Fsp3) is 0.231. The van der Waals surface area contributed by atoms with Crippen LogP contribution in [0.15, 0.2) is 23.0 Å². The molecule has 94 valence electrons. The van der Waals surface area contributed by atoms with Crippen molar-refractivity contribution in [2.45, 2.75) is 12.2 Å². The fourth-order valence-corrected chi connectivity index (χ4v) is 3.36. The van der Waals surface area contributed by atoms with Crippen molar-refractivity contribution in [2.24, 2.45) is 0 Å². The number of nitrogens with zero attached hydrogens (tertiary/aromatic N) is 1. The molecule has 3 rings (SSSR count). The van der Waals surface area contributed by atoms with E-state index in [1.807, 2.05) is 0 Å². The summed E-state index contributed by atoms with van der Waals surface area (Å²) in [7, 11) is 5.67. The quantitative estimate of drug-likeness (QED) is 0.812. The predicted octanol–water partition coefficient (Wildman–Crippen LogP) is 1.67. The highest BCUT2D eigenvalue weighted by Gasteiger charge is 2.17. The Morgan fingerprint density at radius 1 is 1.42 bits per heavy atom. The van der Waals surface area contributed by atoms with Gasteiger partial charge in [-0.1, -0.05) is 29.2 Å². The third kappa shape index (κ3) is 2.45. The molecule has 2 radical (unpaired) electrons. The van der Waals surface area contributed by atoms with E-state index < -0.39 is 0 Å². The molecular weight excluding hydrogens is 278 g/mol. The SMILES string of the molecule is [B]c1ccc(-c2nc3c(c(=O)[nH]2)CSCC3)c(Cl)c1. The maximum Gasteiger partial charge on any atom is 0.255 e. The molecule has 6 heteroatoms. The number of rotatable bonds is 1. The van der Waals surface area contributed by atoms with Crippen LogP contribution in [-0.4, -0.2) is 23.6 Å². The number of hydrogen-bond donors (Lipinski definition) is 1. The Labute approximate surface area is 121 Å². The van der Waals surface area contributed by atoms with Crippen molar-refractivity contribution in [3.8, 4) is 11.4 Å². The number of nitrogens with one attached hydrogen (secondary N) is 1. The number of aromatic amines is 1. The minimum Gasteiger partial charge on any atom is -0.306 e. The normalized spacial score (nSPS) is 14.2. The van der Waals surface area contributed by atoms with Crippen molar-refractivity contribution in [3.05, 3.63) is 44.8 Å². The first-order chi connectivity index (χ1) is 9.15. The zero-order valence-electron chi connectivity index (χ0n) is 10.1. The van der Waals surface area contributed by atoms with E-state index >= 15 is 0 Å². The minimum absolute atomic E-state index is 0.0694. The zero-order valence-corrected chi connectivity index (χ0v) is 11.6. The Bertz CT molecular complexity index is 702. The number of hydrogen-bond acceptors (Lipinski definition) is 3. The van der Waals surface area contributed by atoms with Gasteiger partial charge < -0.3 is 4.98 Å². The minimum atomic E-state index is -0.0694. The Balaban J connectivity index is 2.15. The van der Waals surface area contributed by atoms with Crippen LogP contribution in [0.25, 0.3) is 11.4 Å². The maximum absolute atomic E-state index is 12.1. The van der Waals surface area contributed by atoms with Crippen LogP contribution in [0.5, 0.6) is 0 Å². The van der Waals surface area contributed by atoms with Crippen molar-refractivity contribution in [1.82, 2.24) is 9.97 Å². The van der Waals surface area contributed by atoms with Gasteiger partial charge in [0.2, 0.25) is 0 Å². The average molecular weight is 289 g/mol. The number of H-pyrrole nitrogens is 1. The smallest absolute Gasteiger partial charge is 0.255 e. The van der Waals surface area contributed by atoms with Gasteiger partial charge in [-0.25, -0.2) is 4.98 Å². The molecule has 1 aliphatic heterocycles. The van der Waals surface area contributed by atoms with Gasteiger partial charge in [0.15, 0.2) is 0 Å². The van der Waals surface area contributed by atoms with Crippen LogP contribution in [-0.2, 0) is 12.2 Å². The second-order valence-electron chi connectivity index (χ2n) is 4.38. The summed E-state index contributed by atoms with van der Waals surface area (Å²) in [6, 6.07) is 5.18. The summed E-state index contributed by atoms with van der Waals surface area (Å²) in [6.07, 6.45) is 0.823. The summed E-state index contributed by atoms with van der Waals surface area (Å²) >= 11 is 7.91. The van der Waals surface area contributed by atoms with E-state index in [4.69, 9.17) is 19.4 Å². The van der Waals surface area contributed by atoms with Crippen molar-refractivity contribution in [1.29, 1.82) is 0 Å². The van der Waals surface area contributed by atoms with Gasteiger partial charge in [-0.05, 0) is 18.2 Å². The maximum atomic E-state index is 12.1. The molecule has 2 aromatic rings. The molecule has 1 aromatic carbocycles. The molecule has 1 aromatic heterocycles. The van der Waals surface area contributed by atoms with Gasteiger partial charge >= 0.3 is 0 Å². The number of halogens is 1. The van der Waals surface area contributed by atoms with Gasteiger partial charge in [0, 0.05) is 16.9 Å². The van der Waals surface area contributed by atoms with Crippen LogP contribution in [0.1, 0.15) is 11.3 Å². The van der Waals surface area contributed by atoms with Crippen molar-refractivity contribution < 1.29 is 0 Å². The lowest BCUT2D eigenvalue weighted by molar-refractivity contribution is 0.938. The predicted molar refractivity (Wildman–Crippen MR) is 80.6 cm³/mol. The number of fused-ring (bicyclic) bond motifs is 1. The van der Waals surface area contributed by atoms with Crippen LogP contribution in [0, 0.1) is 0 Å². The molecular formula is C13H10BClN2OS. The van der Waals surface area contributed by atoms with E-state index in [1.54, 1.807) is 30.0 Å². The van der Waals surface area contributed by atoms with E-state index in [0.717, 1.165) is 29.2 Å². The summed E-state index contributed by atoms with van der Waals surface area (Å²) in [4.78, 5) is 19.4. The Morgan fingerprint density at radius 3 is 3.05 bits per heavy atom. The topological polar surface area (TPSA) is 45.8 Å². The second kappa shape index (κ2) is 5.06. The molecule has 0 amide bonds. The number of benzene rings is 1. The van der Waals surface area contributed by atoms with Gasteiger partial charge in [0.1, 0.15) is 13.7 Å². The molecule has 0 aliphatic carbocycles. The highest BCUT2D eigenvalue weighted by atomic mass is 35.5. The Hall–Kier alpha value is -1.20. The first-order valence-electron chi connectivity index (χ1n) is 5.90. The molecule has 1 aliphatic rings. The van der Waals surface area contributed by atoms with E-state index in [-0.39, 0.29) is 5.56 Å². The number of aromatic nitrogens is 2. The van der Waals surface area contributed by atoms with E-state index in [9.17, 15) is 4.79 Å². The summed E-state index contributed by atoms with van der Waals surface area (Å²) in [5.74, 6) is 2.24. The molecule has 19 heavy (non-hydrogen) atoms. The molecule has 2 heterocycles. The average Bonchev–Trinajstić information content (AvgIpc) is 2.38. The summed E-state index contributed by atoms with van der Waals surface area (Å²) < 4.78 is 0. The first kappa shape index (κ1) is 12.8. The molecule has 0 fully saturated rings. The van der Waals surface area contributed by atoms with Gasteiger partial charge in [0.05, 0.1) is 10.7 Å². The summed E-state index contributed by atoms with van der Waals surface area (Å²) in [5, 5.41) is 0.494. The summed E-state index contributed by atoms with van der Waals surface area (Å²) in [6.45, 7) is 0. The second-order valence-corrected chi connectivity index (χ2v) is 5.89. The van der Waals surface area contributed by atoms with Crippen LogP contribution >= 0.6 is 23.4 Å². The molecule has 0 spiro atoms. The van der Waals surface area contributed by atoms with Gasteiger partial charge in [-0.2, -0.15) is 11.8 Å². The highest BCUT2D eigenvalue weighted by Crippen LogP contribution is 2.26. The third-order valence-electron chi connectivity index (χ3n) is 3.08. The van der Waals surface area contributed by atoms with Gasteiger partial charge in [-0.15, -0.1) is 0 Å². The van der Waals surface area contributed by atoms with Gasteiger partial charge in [0.25, 0.3) is 5.56 Å². The molecule has 1 N–H and O–H groups in total. The monoisotopic (exact) mass is 288 g/mol. The van der Waals surface area contributed by atoms with Crippen LogP contribution in [0.3, 0.4) is 0 Å². The van der Waals surface area contributed by atoms with Crippen LogP contribution in [0.4, 0.5) is 0 Å². The Kier molecular flexibility index (Phi) is 3.41. The fourth-order valence-electron chi connectivity index (χ4n) is 2.09. The van der Waals surface area contributed by atoms with Crippen LogP contribution < -0.4 is 11.0 Å². The first-order valence-corrected chi connectivity index (χ1v) is 7.43. The van der Waals surface area contributed by atoms with E-state index in [2.05, 4.69) is 9.97 Å².